The Morgan fingerprint density at radius 1 is 1.43 bits per heavy atom. The van der Waals surface area contributed by atoms with Crippen molar-refractivity contribution in [1.82, 2.24) is 10.2 Å². The molecule has 0 radical (unpaired) electrons. The van der Waals surface area contributed by atoms with Gasteiger partial charge in [-0.15, -0.1) is 0 Å². The number of urea groups is 1. The van der Waals surface area contributed by atoms with Crippen molar-refractivity contribution in [2.24, 2.45) is 5.92 Å². The van der Waals surface area contributed by atoms with Crippen molar-refractivity contribution < 1.29 is 19.1 Å². The highest BCUT2D eigenvalue weighted by molar-refractivity contribution is 6.08. The second-order valence-electron chi connectivity index (χ2n) is 5.91. The summed E-state index contributed by atoms with van der Waals surface area (Å²) in [7, 11) is 0. The first-order chi connectivity index (χ1) is 9.89. The predicted octanol–water partition coefficient (Wildman–Crippen LogP) is 1.61. The number of hydrogen-bond donors (Lipinski definition) is 1. The van der Waals surface area contributed by atoms with Crippen LogP contribution in [-0.2, 0) is 14.3 Å². The summed E-state index contributed by atoms with van der Waals surface area (Å²) in [5.41, 5.74) is -0.667. The van der Waals surface area contributed by atoms with Gasteiger partial charge in [-0.3, -0.25) is 9.69 Å². The molecule has 0 bridgehead atoms. The van der Waals surface area contributed by atoms with E-state index in [1.807, 2.05) is 0 Å². The van der Waals surface area contributed by atoms with Crippen molar-refractivity contribution in [3.05, 3.63) is 12.2 Å². The van der Waals surface area contributed by atoms with Gasteiger partial charge >= 0.3 is 12.0 Å². The SMILES string of the molecule is C=C(CN1C(=O)NC2(CCC(C)CC2)C1=O)C(=O)OCC. The molecule has 2 fully saturated rings. The lowest BCUT2D eigenvalue weighted by Crippen LogP contribution is -2.49. The topological polar surface area (TPSA) is 75.7 Å². The van der Waals surface area contributed by atoms with Crippen LogP contribution in [0.15, 0.2) is 12.2 Å². The lowest BCUT2D eigenvalue weighted by atomic mass is 9.77. The van der Waals surface area contributed by atoms with Gasteiger partial charge in [-0.25, -0.2) is 9.59 Å². The first kappa shape index (κ1) is 15.5. The average Bonchev–Trinajstić information content (AvgIpc) is 2.67. The van der Waals surface area contributed by atoms with E-state index in [1.165, 1.54) is 0 Å². The summed E-state index contributed by atoms with van der Waals surface area (Å²) < 4.78 is 4.83. The van der Waals surface area contributed by atoms with Crippen molar-refractivity contribution in [1.29, 1.82) is 0 Å². The zero-order chi connectivity index (χ0) is 15.6. The second kappa shape index (κ2) is 5.87. The van der Waals surface area contributed by atoms with Gasteiger partial charge in [0, 0.05) is 5.57 Å². The fourth-order valence-corrected chi connectivity index (χ4v) is 2.90. The monoisotopic (exact) mass is 294 g/mol. The van der Waals surface area contributed by atoms with Crippen LogP contribution in [0.5, 0.6) is 0 Å². The van der Waals surface area contributed by atoms with E-state index >= 15 is 0 Å². The molecule has 1 saturated carbocycles. The molecule has 0 atom stereocenters. The molecule has 3 amide bonds. The zero-order valence-electron chi connectivity index (χ0n) is 12.6. The van der Waals surface area contributed by atoms with Gasteiger partial charge in [0.15, 0.2) is 0 Å². The number of hydrogen-bond acceptors (Lipinski definition) is 4. The van der Waals surface area contributed by atoms with E-state index in [0.29, 0.717) is 18.8 Å². The molecular formula is C15H22N2O4. The van der Waals surface area contributed by atoms with Gasteiger partial charge in [-0.2, -0.15) is 0 Å². The Morgan fingerprint density at radius 3 is 2.62 bits per heavy atom. The summed E-state index contributed by atoms with van der Waals surface area (Å²) in [6.07, 6.45) is 3.14. The normalized spacial score (nSPS) is 28.7. The van der Waals surface area contributed by atoms with Crippen molar-refractivity contribution >= 4 is 17.9 Å². The first-order valence-electron chi connectivity index (χ1n) is 7.38. The van der Waals surface area contributed by atoms with E-state index < -0.39 is 17.5 Å². The van der Waals surface area contributed by atoms with Crippen molar-refractivity contribution in [2.45, 2.75) is 45.1 Å². The van der Waals surface area contributed by atoms with Gasteiger partial charge in [0.25, 0.3) is 5.91 Å². The van der Waals surface area contributed by atoms with Crippen LogP contribution in [0.2, 0.25) is 0 Å². The lowest BCUT2D eigenvalue weighted by molar-refractivity contribution is -0.139. The standard InChI is InChI=1S/C15H22N2O4/c1-4-21-12(18)11(3)9-17-13(19)15(16-14(17)20)7-5-10(2)6-8-15/h10H,3-9H2,1-2H3,(H,16,20). The number of amides is 3. The summed E-state index contributed by atoms with van der Waals surface area (Å²) >= 11 is 0. The van der Waals surface area contributed by atoms with Crippen LogP contribution in [0.4, 0.5) is 4.79 Å². The molecular weight excluding hydrogens is 272 g/mol. The van der Waals surface area contributed by atoms with Crippen LogP contribution in [0.1, 0.15) is 39.5 Å². The van der Waals surface area contributed by atoms with E-state index in [2.05, 4.69) is 18.8 Å². The maximum Gasteiger partial charge on any atom is 0.335 e. The fraction of sp³-hybridized carbons (Fsp3) is 0.667. The molecule has 2 aliphatic rings. The molecule has 6 nitrogen and oxygen atoms in total. The molecule has 2 rings (SSSR count). The smallest absolute Gasteiger partial charge is 0.335 e. The maximum absolute atomic E-state index is 12.6. The Morgan fingerprint density at radius 2 is 2.05 bits per heavy atom. The molecule has 1 saturated heterocycles. The summed E-state index contributed by atoms with van der Waals surface area (Å²) in [6, 6.07) is -0.444. The molecule has 1 N–H and O–H groups in total. The van der Waals surface area contributed by atoms with Crippen LogP contribution in [0, 0.1) is 5.92 Å². The van der Waals surface area contributed by atoms with Gasteiger partial charge in [-0.1, -0.05) is 13.5 Å². The molecule has 6 heteroatoms. The molecule has 0 unspecified atom stereocenters. The third kappa shape index (κ3) is 2.94. The lowest BCUT2D eigenvalue weighted by Gasteiger charge is -2.33. The van der Waals surface area contributed by atoms with Gasteiger partial charge in [0.05, 0.1) is 13.2 Å². The molecule has 1 aliphatic heterocycles. The Balaban J connectivity index is 2.05. The minimum Gasteiger partial charge on any atom is -0.463 e. The maximum atomic E-state index is 12.6. The number of nitrogens with zero attached hydrogens (tertiary/aromatic N) is 1. The van der Waals surface area contributed by atoms with E-state index in [0.717, 1.165) is 17.7 Å². The minimum atomic E-state index is -0.779. The molecule has 0 aromatic carbocycles. The number of carbonyl (C=O) groups excluding carboxylic acids is 3. The van der Waals surface area contributed by atoms with Crippen LogP contribution < -0.4 is 5.32 Å². The molecule has 21 heavy (non-hydrogen) atoms. The van der Waals surface area contributed by atoms with Crippen LogP contribution in [0.25, 0.3) is 0 Å². The van der Waals surface area contributed by atoms with Gasteiger partial charge in [0.1, 0.15) is 5.54 Å². The summed E-state index contributed by atoms with van der Waals surface area (Å²) in [5, 5.41) is 2.81. The summed E-state index contributed by atoms with van der Waals surface area (Å²) in [4.78, 5) is 37.3. The third-order valence-electron chi connectivity index (χ3n) is 4.29. The first-order valence-corrected chi connectivity index (χ1v) is 7.38. The van der Waals surface area contributed by atoms with E-state index in [1.54, 1.807) is 6.92 Å². The number of imide groups is 1. The van der Waals surface area contributed by atoms with Crippen molar-refractivity contribution in [3.8, 4) is 0 Å². The Kier molecular flexibility index (Phi) is 4.34. The predicted molar refractivity (Wildman–Crippen MR) is 76.4 cm³/mol. The summed E-state index contributed by atoms with van der Waals surface area (Å²) in [6.45, 7) is 7.57. The highest BCUT2D eigenvalue weighted by Crippen LogP contribution is 2.36. The number of esters is 1. The van der Waals surface area contributed by atoms with Crippen molar-refractivity contribution in [3.63, 3.8) is 0 Å². The Labute approximate surface area is 124 Å². The second-order valence-corrected chi connectivity index (χ2v) is 5.91. The van der Waals surface area contributed by atoms with E-state index in [9.17, 15) is 14.4 Å². The molecule has 1 heterocycles. The Bertz CT molecular complexity index is 478. The van der Waals surface area contributed by atoms with Gasteiger partial charge < -0.3 is 10.1 Å². The number of carbonyl (C=O) groups is 3. The molecule has 1 spiro atoms. The van der Waals surface area contributed by atoms with Crippen LogP contribution in [-0.4, -0.2) is 41.5 Å². The highest BCUT2D eigenvalue weighted by atomic mass is 16.5. The van der Waals surface area contributed by atoms with Crippen molar-refractivity contribution in [2.75, 3.05) is 13.2 Å². The number of ether oxygens (including phenoxy) is 1. The quantitative estimate of drug-likeness (QED) is 0.485. The summed E-state index contributed by atoms with van der Waals surface area (Å²) in [5.74, 6) is -0.245. The highest BCUT2D eigenvalue weighted by Gasteiger charge is 2.52. The van der Waals surface area contributed by atoms with Gasteiger partial charge in [0.2, 0.25) is 0 Å². The molecule has 116 valence electrons. The molecule has 1 aliphatic carbocycles. The van der Waals surface area contributed by atoms with Crippen LogP contribution in [0.3, 0.4) is 0 Å². The van der Waals surface area contributed by atoms with E-state index in [4.69, 9.17) is 4.74 Å². The fourth-order valence-electron chi connectivity index (χ4n) is 2.90. The van der Waals surface area contributed by atoms with E-state index in [-0.39, 0.29) is 24.6 Å². The zero-order valence-corrected chi connectivity index (χ0v) is 12.6. The largest absolute Gasteiger partial charge is 0.463 e. The molecule has 0 aromatic heterocycles. The molecule has 0 aromatic rings. The average molecular weight is 294 g/mol. The number of nitrogens with one attached hydrogen (secondary N) is 1. The number of rotatable bonds is 4. The van der Waals surface area contributed by atoms with Crippen LogP contribution >= 0.6 is 0 Å². The van der Waals surface area contributed by atoms with Gasteiger partial charge in [-0.05, 0) is 38.5 Å². The minimum absolute atomic E-state index is 0.110. The Hall–Kier alpha value is -1.85. The third-order valence-corrected chi connectivity index (χ3v) is 4.29.